The van der Waals surface area contributed by atoms with Crippen molar-refractivity contribution in [2.45, 2.75) is 33.0 Å². The van der Waals surface area contributed by atoms with Gasteiger partial charge in [-0.2, -0.15) is 5.10 Å². The maximum absolute atomic E-state index is 4.33. The van der Waals surface area contributed by atoms with Gasteiger partial charge in [-0.25, -0.2) is 4.98 Å². The molecule has 0 amide bonds. The second-order valence-corrected chi connectivity index (χ2v) is 7.43. The van der Waals surface area contributed by atoms with Gasteiger partial charge in [-0.1, -0.05) is 54.6 Å². The standard InChI is InChI=1S/C24H27N5/c1-20-8-5-6-11-22(20)17-29(14-7-13-28-15-12-25-19-28)18-23-16-26-27-24(23)21-9-3-2-4-10-21/h2-6,8-12,15-16,19H,7,13-14,17-18H2,1H3,(H,26,27). The number of aromatic nitrogens is 4. The zero-order valence-corrected chi connectivity index (χ0v) is 16.8. The SMILES string of the molecule is Cc1ccccc1CN(CCCn1ccnc1)Cc1cn[nH]c1-c1ccccc1. The molecule has 0 saturated carbocycles. The first-order chi connectivity index (χ1) is 14.3. The third-order valence-corrected chi connectivity index (χ3v) is 5.28. The molecule has 29 heavy (non-hydrogen) atoms. The van der Waals surface area contributed by atoms with E-state index in [0.717, 1.165) is 38.3 Å². The molecular weight excluding hydrogens is 358 g/mol. The first kappa shape index (κ1) is 19.2. The van der Waals surface area contributed by atoms with Crippen LogP contribution in [0.5, 0.6) is 0 Å². The molecule has 2 aromatic heterocycles. The fraction of sp³-hybridized carbons (Fsp3) is 0.250. The number of benzene rings is 2. The second kappa shape index (κ2) is 9.34. The maximum atomic E-state index is 4.33. The largest absolute Gasteiger partial charge is 0.337 e. The summed E-state index contributed by atoms with van der Waals surface area (Å²) in [5.41, 5.74) is 6.22. The van der Waals surface area contributed by atoms with E-state index in [2.05, 4.69) is 80.1 Å². The van der Waals surface area contributed by atoms with E-state index < -0.39 is 0 Å². The lowest BCUT2D eigenvalue weighted by Gasteiger charge is -2.23. The summed E-state index contributed by atoms with van der Waals surface area (Å²) in [5, 5.41) is 7.53. The number of hydrogen-bond acceptors (Lipinski definition) is 3. The summed E-state index contributed by atoms with van der Waals surface area (Å²) in [4.78, 5) is 6.65. The van der Waals surface area contributed by atoms with Crippen LogP contribution in [0.3, 0.4) is 0 Å². The van der Waals surface area contributed by atoms with Gasteiger partial charge in [-0.05, 0) is 30.0 Å². The number of aryl methyl sites for hydroxylation is 2. The van der Waals surface area contributed by atoms with Crippen molar-refractivity contribution < 1.29 is 0 Å². The number of aromatic amines is 1. The Kier molecular flexibility index (Phi) is 6.17. The van der Waals surface area contributed by atoms with Crippen molar-refractivity contribution in [3.05, 3.63) is 96.2 Å². The Morgan fingerprint density at radius 1 is 0.966 bits per heavy atom. The summed E-state index contributed by atoms with van der Waals surface area (Å²) in [6.07, 6.45) is 8.77. The van der Waals surface area contributed by atoms with Crippen LogP contribution in [0.15, 0.2) is 79.5 Å². The summed E-state index contributed by atoms with van der Waals surface area (Å²) in [6, 6.07) is 19.1. The third kappa shape index (κ3) is 5.00. The highest BCUT2D eigenvalue weighted by Gasteiger charge is 2.14. The van der Waals surface area contributed by atoms with E-state index in [4.69, 9.17) is 0 Å². The minimum absolute atomic E-state index is 0.860. The molecule has 0 aliphatic carbocycles. The number of rotatable bonds is 9. The van der Waals surface area contributed by atoms with Crippen LogP contribution in [0.2, 0.25) is 0 Å². The molecule has 148 valence electrons. The maximum Gasteiger partial charge on any atom is 0.0945 e. The van der Waals surface area contributed by atoms with E-state index in [1.54, 1.807) is 0 Å². The molecule has 5 nitrogen and oxygen atoms in total. The van der Waals surface area contributed by atoms with Gasteiger partial charge < -0.3 is 4.57 Å². The first-order valence-corrected chi connectivity index (χ1v) is 10.1. The third-order valence-electron chi connectivity index (χ3n) is 5.28. The van der Waals surface area contributed by atoms with Gasteiger partial charge in [0.25, 0.3) is 0 Å². The zero-order valence-electron chi connectivity index (χ0n) is 16.8. The van der Waals surface area contributed by atoms with E-state index in [0.29, 0.717) is 0 Å². The van der Waals surface area contributed by atoms with E-state index >= 15 is 0 Å². The predicted octanol–water partition coefficient (Wildman–Crippen LogP) is 4.67. The van der Waals surface area contributed by atoms with Gasteiger partial charge >= 0.3 is 0 Å². The van der Waals surface area contributed by atoms with Crippen LogP contribution in [0, 0.1) is 6.92 Å². The number of nitrogens with zero attached hydrogens (tertiary/aromatic N) is 4. The highest BCUT2D eigenvalue weighted by molar-refractivity contribution is 5.62. The molecule has 4 aromatic rings. The summed E-state index contributed by atoms with van der Waals surface area (Å²) in [7, 11) is 0. The Balaban J connectivity index is 1.50. The molecule has 0 aliphatic heterocycles. The van der Waals surface area contributed by atoms with Crippen molar-refractivity contribution in [3.63, 3.8) is 0 Å². The highest BCUT2D eigenvalue weighted by Crippen LogP contribution is 2.23. The smallest absolute Gasteiger partial charge is 0.0945 e. The predicted molar refractivity (Wildman–Crippen MR) is 116 cm³/mol. The lowest BCUT2D eigenvalue weighted by Crippen LogP contribution is -2.25. The summed E-state index contributed by atoms with van der Waals surface area (Å²) in [5.74, 6) is 0. The molecule has 0 bridgehead atoms. The summed E-state index contributed by atoms with van der Waals surface area (Å²) < 4.78 is 2.14. The van der Waals surface area contributed by atoms with Crippen molar-refractivity contribution in [1.82, 2.24) is 24.6 Å². The molecule has 5 heteroatoms. The second-order valence-electron chi connectivity index (χ2n) is 7.43. The van der Waals surface area contributed by atoms with Gasteiger partial charge in [-0.15, -0.1) is 0 Å². The average Bonchev–Trinajstić information content (AvgIpc) is 3.42. The Morgan fingerprint density at radius 3 is 2.55 bits per heavy atom. The van der Waals surface area contributed by atoms with Crippen LogP contribution in [0.1, 0.15) is 23.1 Å². The highest BCUT2D eigenvalue weighted by atomic mass is 15.2. The molecular formula is C24H27N5. The summed E-state index contributed by atoms with van der Waals surface area (Å²) in [6.45, 7) is 5.95. The molecule has 0 atom stereocenters. The van der Waals surface area contributed by atoms with Gasteiger partial charge in [-0.3, -0.25) is 10.00 Å². The Bertz CT molecular complexity index is 1000. The molecule has 0 radical (unpaired) electrons. The van der Waals surface area contributed by atoms with E-state index in [1.807, 2.05) is 31.0 Å². The van der Waals surface area contributed by atoms with Crippen LogP contribution in [-0.2, 0) is 19.6 Å². The Hall–Kier alpha value is -3.18. The fourth-order valence-electron chi connectivity index (χ4n) is 3.66. The molecule has 0 saturated heterocycles. The number of nitrogens with one attached hydrogen (secondary N) is 1. The van der Waals surface area contributed by atoms with Gasteiger partial charge in [0.05, 0.1) is 18.2 Å². The minimum atomic E-state index is 0.860. The van der Waals surface area contributed by atoms with Gasteiger partial charge in [0, 0.05) is 44.1 Å². The monoisotopic (exact) mass is 385 g/mol. The molecule has 0 unspecified atom stereocenters. The number of H-pyrrole nitrogens is 1. The lowest BCUT2D eigenvalue weighted by molar-refractivity contribution is 0.248. The summed E-state index contributed by atoms with van der Waals surface area (Å²) >= 11 is 0. The van der Waals surface area contributed by atoms with Gasteiger partial charge in [0.15, 0.2) is 0 Å². The van der Waals surface area contributed by atoms with Crippen LogP contribution in [0.4, 0.5) is 0 Å². The molecule has 0 aliphatic rings. The quantitative estimate of drug-likeness (QED) is 0.455. The van der Waals surface area contributed by atoms with Crippen molar-refractivity contribution in [1.29, 1.82) is 0 Å². The van der Waals surface area contributed by atoms with E-state index in [1.165, 1.54) is 22.3 Å². The van der Waals surface area contributed by atoms with Crippen LogP contribution >= 0.6 is 0 Å². The topological polar surface area (TPSA) is 49.7 Å². The van der Waals surface area contributed by atoms with E-state index in [-0.39, 0.29) is 0 Å². The molecule has 4 rings (SSSR count). The van der Waals surface area contributed by atoms with Crippen LogP contribution < -0.4 is 0 Å². The molecule has 1 N–H and O–H groups in total. The first-order valence-electron chi connectivity index (χ1n) is 10.1. The number of imidazole rings is 1. The molecule has 0 spiro atoms. The molecule has 2 aromatic carbocycles. The zero-order chi connectivity index (χ0) is 19.9. The van der Waals surface area contributed by atoms with Crippen molar-refractivity contribution >= 4 is 0 Å². The lowest BCUT2D eigenvalue weighted by atomic mass is 10.1. The Labute approximate surface area is 172 Å². The fourth-order valence-corrected chi connectivity index (χ4v) is 3.66. The van der Waals surface area contributed by atoms with Crippen LogP contribution in [0.25, 0.3) is 11.3 Å². The van der Waals surface area contributed by atoms with Crippen molar-refractivity contribution in [3.8, 4) is 11.3 Å². The van der Waals surface area contributed by atoms with Crippen LogP contribution in [-0.4, -0.2) is 31.2 Å². The van der Waals surface area contributed by atoms with Crippen molar-refractivity contribution in [2.24, 2.45) is 0 Å². The molecule has 2 heterocycles. The van der Waals surface area contributed by atoms with Gasteiger partial charge in [0.2, 0.25) is 0 Å². The number of hydrogen-bond donors (Lipinski definition) is 1. The average molecular weight is 386 g/mol. The van der Waals surface area contributed by atoms with Gasteiger partial charge in [0.1, 0.15) is 0 Å². The minimum Gasteiger partial charge on any atom is -0.337 e. The normalized spacial score (nSPS) is 11.2. The van der Waals surface area contributed by atoms with Crippen molar-refractivity contribution in [2.75, 3.05) is 6.54 Å². The Morgan fingerprint density at radius 2 is 1.76 bits per heavy atom. The molecule has 0 fully saturated rings. The van der Waals surface area contributed by atoms with E-state index in [9.17, 15) is 0 Å².